The molecule has 0 radical (unpaired) electrons. The lowest BCUT2D eigenvalue weighted by molar-refractivity contribution is -0.136. The molecule has 3 rings (SSSR count). The number of ether oxygens (including phenoxy) is 1. The van der Waals surface area contributed by atoms with Crippen molar-refractivity contribution in [3.63, 3.8) is 0 Å². The van der Waals surface area contributed by atoms with Crippen LogP contribution in [0.5, 0.6) is 5.75 Å². The summed E-state index contributed by atoms with van der Waals surface area (Å²) in [7, 11) is 5.65. The molecule has 2 aromatic rings. The number of pyridine rings is 1. The first-order chi connectivity index (χ1) is 12.5. The monoisotopic (exact) mass is 356 g/mol. The van der Waals surface area contributed by atoms with Crippen LogP contribution in [0.2, 0.25) is 0 Å². The van der Waals surface area contributed by atoms with Crippen molar-refractivity contribution in [2.75, 3.05) is 47.4 Å². The quantitative estimate of drug-likeness (QED) is 0.818. The molecule has 1 amide bonds. The Morgan fingerprint density at radius 1 is 1.27 bits per heavy atom. The van der Waals surface area contributed by atoms with Gasteiger partial charge in [-0.3, -0.25) is 14.7 Å². The van der Waals surface area contributed by atoms with Crippen LogP contribution >= 0.6 is 0 Å². The number of nitrogens with zero attached hydrogens (tertiary/aromatic N) is 4. The average molecular weight is 356 g/mol. The van der Waals surface area contributed by atoms with Crippen LogP contribution in [-0.2, 0) is 11.3 Å². The third-order valence-corrected chi connectivity index (χ3v) is 5.27. The second kappa shape index (κ2) is 8.01. The van der Waals surface area contributed by atoms with Gasteiger partial charge < -0.3 is 14.5 Å². The van der Waals surface area contributed by atoms with Crippen LogP contribution in [0, 0.1) is 0 Å². The van der Waals surface area contributed by atoms with Crippen molar-refractivity contribution in [3.8, 4) is 5.75 Å². The molecule has 1 fully saturated rings. The van der Waals surface area contributed by atoms with Gasteiger partial charge in [0, 0.05) is 51.4 Å². The van der Waals surface area contributed by atoms with E-state index in [0.29, 0.717) is 6.54 Å². The highest BCUT2D eigenvalue weighted by Gasteiger charge is 2.26. The number of benzene rings is 1. The fourth-order valence-corrected chi connectivity index (χ4v) is 3.53. The smallest absolute Gasteiger partial charge is 0.239 e. The maximum absolute atomic E-state index is 12.9. The van der Waals surface area contributed by atoms with E-state index in [1.807, 2.05) is 43.1 Å². The lowest BCUT2D eigenvalue weighted by Crippen LogP contribution is -2.53. The molecule has 2 heterocycles. The molecule has 0 N–H and O–H groups in total. The predicted molar refractivity (Wildman–Crippen MR) is 103 cm³/mol. The molecule has 6 nitrogen and oxygen atoms in total. The molecule has 1 saturated heterocycles. The second-order valence-electron chi connectivity index (χ2n) is 7.04. The van der Waals surface area contributed by atoms with Crippen LogP contribution < -0.4 is 4.74 Å². The minimum Gasteiger partial charge on any atom is -0.494 e. The van der Waals surface area contributed by atoms with Gasteiger partial charge in [0.1, 0.15) is 11.3 Å². The number of hydrogen-bond acceptors (Lipinski definition) is 5. The Bertz CT molecular complexity index is 771. The fourth-order valence-electron chi connectivity index (χ4n) is 3.53. The zero-order valence-corrected chi connectivity index (χ0v) is 16.1. The van der Waals surface area contributed by atoms with E-state index < -0.39 is 0 Å². The summed E-state index contributed by atoms with van der Waals surface area (Å²) in [5, 5.41) is 1.03. The Hall–Kier alpha value is -2.18. The number of methoxy groups -OCH3 is 1. The molecule has 1 atom stereocenters. The van der Waals surface area contributed by atoms with E-state index in [1.165, 1.54) is 0 Å². The summed E-state index contributed by atoms with van der Waals surface area (Å²) in [6.07, 6.45) is 1.76. The SMILES string of the molecule is COc1ccc(CN(C)C(=O)[C@@H](C)N2CCN(C)CC2)c2cccnc12. The summed E-state index contributed by atoms with van der Waals surface area (Å²) in [6.45, 7) is 6.46. The number of likely N-dealkylation sites (N-methyl/N-ethyl adjacent to an activating group) is 2. The maximum atomic E-state index is 12.9. The van der Waals surface area contributed by atoms with Crippen molar-refractivity contribution in [1.82, 2.24) is 19.7 Å². The first-order valence-electron chi connectivity index (χ1n) is 9.09. The summed E-state index contributed by atoms with van der Waals surface area (Å²) < 4.78 is 5.41. The first-order valence-corrected chi connectivity index (χ1v) is 9.09. The van der Waals surface area contributed by atoms with E-state index in [-0.39, 0.29) is 11.9 Å². The van der Waals surface area contributed by atoms with Gasteiger partial charge in [-0.15, -0.1) is 0 Å². The van der Waals surface area contributed by atoms with Gasteiger partial charge in [-0.2, -0.15) is 0 Å². The van der Waals surface area contributed by atoms with Gasteiger partial charge in [0.05, 0.1) is 13.2 Å². The van der Waals surface area contributed by atoms with Crippen molar-refractivity contribution in [2.45, 2.75) is 19.5 Å². The molecule has 1 aliphatic heterocycles. The van der Waals surface area contributed by atoms with Crippen molar-refractivity contribution in [2.24, 2.45) is 0 Å². The highest BCUT2D eigenvalue weighted by Crippen LogP contribution is 2.27. The Morgan fingerprint density at radius 2 is 2.00 bits per heavy atom. The van der Waals surface area contributed by atoms with E-state index in [1.54, 1.807) is 13.3 Å². The second-order valence-corrected chi connectivity index (χ2v) is 7.04. The normalized spacial score (nSPS) is 17.2. The number of rotatable bonds is 5. The number of carbonyl (C=O) groups excluding carboxylic acids is 1. The topological polar surface area (TPSA) is 48.9 Å². The minimum atomic E-state index is -0.101. The predicted octanol–water partition coefficient (Wildman–Crippen LogP) is 1.84. The van der Waals surface area contributed by atoms with Gasteiger partial charge >= 0.3 is 0 Å². The molecule has 0 aliphatic carbocycles. The largest absolute Gasteiger partial charge is 0.494 e. The molecule has 0 spiro atoms. The molecule has 0 unspecified atom stereocenters. The number of aromatic nitrogens is 1. The fraction of sp³-hybridized carbons (Fsp3) is 0.500. The number of piperazine rings is 1. The van der Waals surface area contributed by atoms with Gasteiger partial charge in [-0.1, -0.05) is 12.1 Å². The van der Waals surface area contributed by atoms with Gasteiger partial charge in [0.15, 0.2) is 0 Å². The molecule has 1 aliphatic rings. The lowest BCUT2D eigenvalue weighted by Gasteiger charge is -2.37. The Balaban J connectivity index is 1.74. The van der Waals surface area contributed by atoms with Crippen LogP contribution in [0.1, 0.15) is 12.5 Å². The molecule has 1 aromatic carbocycles. The van der Waals surface area contributed by atoms with Gasteiger partial charge in [0.25, 0.3) is 0 Å². The van der Waals surface area contributed by atoms with Crippen LogP contribution in [0.15, 0.2) is 30.5 Å². The maximum Gasteiger partial charge on any atom is 0.239 e. The van der Waals surface area contributed by atoms with Gasteiger partial charge in [-0.05, 0) is 31.7 Å². The molecule has 1 aromatic heterocycles. The van der Waals surface area contributed by atoms with E-state index in [4.69, 9.17) is 4.74 Å². The number of hydrogen-bond donors (Lipinski definition) is 0. The molecular formula is C20H28N4O2. The summed E-state index contributed by atoms with van der Waals surface area (Å²) in [6, 6.07) is 7.79. The first kappa shape index (κ1) is 18.6. The van der Waals surface area contributed by atoms with E-state index in [9.17, 15) is 4.79 Å². The van der Waals surface area contributed by atoms with Crippen LogP contribution in [0.3, 0.4) is 0 Å². The third kappa shape index (κ3) is 3.81. The standard InChI is InChI=1S/C20H28N4O2/c1-15(24-12-10-22(2)11-13-24)20(25)23(3)14-16-7-8-18(26-4)19-17(16)6-5-9-21-19/h5-9,15H,10-14H2,1-4H3/t15-/m1/s1. The molecule has 0 saturated carbocycles. The van der Waals surface area contributed by atoms with E-state index >= 15 is 0 Å². The van der Waals surface area contributed by atoms with Crippen molar-refractivity contribution in [3.05, 3.63) is 36.0 Å². The zero-order valence-electron chi connectivity index (χ0n) is 16.1. The van der Waals surface area contributed by atoms with E-state index in [0.717, 1.165) is 48.4 Å². The van der Waals surface area contributed by atoms with Gasteiger partial charge in [-0.25, -0.2) is 0 Å². The minimum absolute atomic E-state index is 0.101. The molecule has 26 heavy (non-hydrogen) atoms. The van der Waals surface area contributed by atoms with Crippen LogP contribution in [-0.4, -0.2) is 79.0 Å². The number of fused-ring (bicyclic) bond motifs is 1. The number of amides is 1. The molecule has 140 valence electrons. The van der Waals surface area contributed by atoms with Crippen molar-refractivity contribution >= 4 is 16.8 Å². The molecular weight excluding hydrogens is 328 g/mol. The molecule has 6 heteroatoms. The summed E-state index contributed by atoms with van der Waals surface area (Å²) in [4.78, 5) is 23.7. The van der Waals surface area contributed by atoms with E-state index in [2.05, 4.69) is 21.8 Å². The molecule has 0 bridgehead atoms. The van der Waals surface area contributed by atoms with Crippen LogP contribution in [0.4, 0.5) is 0 Å². The highest BCUT2D eigenvalue weighted by atomic mass is 16.5. The zero-order chi connectivity index (χ0) is 18.7. The summed E-state index contributed by atoms with van der Waals surface area (Å²) in [5.41, 5.74) is 1.91. The Kier molecular flexibility index (Phi) is 5.74. The lowest BCUT2D eigenvalue weighted by atomic mass is 10.1. The summed E-state index contributed by atoms with van der Waals surface area (Å²) >= 11 is 0. The number of carbonyl (C=O) groups is 1. The van der Waals surface area contributed by atoms with Crippen LogP contribution in [0.25, 0.3) is 10.9 Å². The highest BCUT2D eigenvalue weighted by molar-refractivity contribution is 5.88. The van der Waals surface area contributed by atoms with Crippen molar-refractivity contribution < 1.29 is 9.53 Å². The Morgan fingerprint density at radius 3 is 2.69 bits per heavy atom. The van der Waals surface area contributed by atoms with Crippen molar-refractivity contribution in [1.29, 1.82) is 0 Å². The average Bonchev–Trinajstić information content (AvgIpc) is 2.67. The summed E-state index contributed by atoms with van der Waals surface area (Å²) in [5.74, 6) is 0.909. The Labute approximate surface area is 155 Å². The third-order valence-electron chi connectivity index (χ3n) is 5.27. The van der Waals surface area contributed by atoms with Gasteiger partial charge in [0.2, 0.25) is 5.91 Å².